The Hall–Kier alpha value is -0.930. The molecule has 0 aromatic carbocycles. The van der Waals surface area contributed by atoms with Gasteiger partial charge in [0.1, 0.15) is 0 Å². The Morgan fingerprint density at radius 2 is 2.07 bits per heavy atom. The molecule has 14 heavy (non-hydrogen) atoms. The van der Waals surface area contributed by atoms with Gasteiger partial charge in [-0.1, -0.05) is 6.92 Å². The van der Waals surface area contributed by atoms with E-state index in [9.17, 15) is 5.11 Å². The largest absolute Gasteiger partial charge is 0.387 e. The minimum absolute atomic E-state index is 0.424. The van der Waals surface area contributed by atoms with Crippen LogP contribution in [0.25, 0.3) is 0 Å². The second kappa shape index (κ2) is 3.67. The first kappa shape index (κ1) is 9.62. The summed E-state index contributed by atoms with van der Waals surface area (Å²) in [5.41, 5.74) is 0.839. The van der Waals surface area contributed by atoms with Crippen LogP contribution in [0.4, 0.5) is 0 Å². The fourth-order valence-corrected chi connectivity index (χ4v) is 1.87. The fraction of sp³-hybridized carbons (Fsp3) is 0.545. The van der Waals surface area contributed by atoms with E-state index < -0.39 is 5.60 Å². The molecule has 0 amide bonds. The number of β-amino-alcohol motifs (C(OH)–C–C–N with tert-alkyl or cyclic N) is 1. The highest BCUT2D eigenvalue weighted by atomic mass is 16.3. The Balaban J connectivity index is 1.85. The molecule has 1 aromatic rings. The fourth-order valence-electron chi connectivity index (χ4n) is 1.87. The van der Waals surface area contributed by atoms with Crippen LogP contribution in [0.15, 0.2) is 24.5 Å². The van der Waals surface area contributed by atoms with Crippen molar-refractivity contribution in [2.75, 3.05) is 13.1 Å². The maximum Gasteiger partial charge on any atom is 0.0897 e. The van der Waals surface area contributed by atoms with Crippen LogP contribution in [0, 0.1) is 0 Å². The predicted octanol–water partition coefficient (Wildman–Crippen LogP) is 1.04. The highest BCUT2D eigenvalue weighted by Gasteiger charge is 2.38. The van der Waals surface area contributed by atoms with Gasteiger partial charge in [-0.15, -0.1) is 0 Å². The Kier molecular flexibility index (Phi) is 2.52. The van der Waals surface area contributed by atoms with Crippen molar-refractivity contribution in [3.63, 3.8) is 0 Å². The number of nitrogens with zero attached hydrogens (tertiary/aromatic N) is 2. The Morgan fingerprint density at radius 3 is 2.64 bits per heavy atom. The normalized spacial score (nSPS) is 20.4. The van der Waals surface area contributed by atoms with Gasteiger partial charge in [0.25, 0.3) is 0 Å². The number of aliphatic hydroxyl groups is 1. The molecule has 1 N–H and O–H groups in total. The summed E-state index contributed by atoms with van der Waals surface area (Å²) in [6.07, 6.45) is 4.46. The molecule has 1 saturated heterocycles. The van der Waals surface area contributed by atoms with Gasteiger partial charge >= 0.3 is 0 Å². The second-order valence-corrected chi connectivity index (χ2v) is 4.08. The van der Waals surface area contributed by atoms with Crippen LogP contribution < -0.4 is 0 Å². The molecule has 0 spiro atoms. The molecule has 0 unspecified atom stereocenters. The standard InChI is InChI=1S/C11H16N2O/c1-2-11(14)8-13(9-11)7-10-3-5-12-6-4-10/h3-6,14H,2,7-9H2,1H3. The van der Waals surface area contributed by atoms with E-state index in [2.05, 4.69) is 9.88 Å². The maximum absolute atomic E-state index is 9.81. The molecule has 2 rings (SSSR count). The summed E-state index contributed by atoms with van der Waals surface area (Å²) in [5, 5.41) is 9.81. The third-order valence-electron chi connectivity index (χ3n) is 2.85. The molecule has 76 valence electrons. The van der Waals surface area contributed by atoms with Gasteiger partial charge in [0.05, 0.1) is 5.60 Å². The summed E-state index contributed by atoms with van der Waals surface area (Å²) >= 11 is 0. The third-order valence-corrected chi connectivity index (χ3v) is 2.85. The average molecular weight is 192 g/mol. The molecule has 0 radical (unpaired) electrons. The molecule has 0 bridgehead atoms. The molecular weight excluding hydrogens is 176 g/mol. The SMILES string of the molecule is CCC1(O)CN(Cc2ccncc2)C1. The highest BCUT2D eigenvalue weighted by molar-refractivity contribution is 5.11. The highest BCUT2D eigenvalue weighted by Crippen LogP contribution is 2.25. The van der Waals surface area contributed by atoms with Crippen LogP contribution >= 0.6 is 0 Å². The van der Waals surface area contributed by atoms with Crippen molar-refractivity contribution in [1.82, 2.24) is 9.88 Å². The van der Waals surface area contributed by atoms with Crippen molar-refractivity contribution in [2.45, 2.75) is 25.5 Å². The minimum Gasteiger partial charge on any atom is -0.387 e. The molecule has 3 nitrogen and oxygen atoms in total. The van der Waals surface area contributed by atoms with Crippen LogP contribution in [0.5, 0.6) is 0 Å². The van der Waals surface area contributed by atoms with Gasteiger partial charge in [0, 0.05) is 32.0 Å². The van der Waals surface area contributed by atoms with Gasteiger partial charge in [0.2, 0.25) is 0 Å². The number of rotatable bonds is 3. The van der Waals surface area contributed by atoms with E-state index >= 15 is 0 Å². The first-order valence-electron chi connectivity index (χ1n) is 5.05. The van der Waals surface area contributed by atoms with Crippen LogP contribution in [-0.4, -0.2) is 33.7 Å². The van der Waals surface area contributed by atoms with E-state index in [1.165, 1.54) is 5.56 Å². The Labute approximate surface area is 84.4 Å². The lowest BCUT2D eigenvalue weighted by atomic mass is 9.91. The van der Waals surface area contributed by atoms with E-state index in [4.69, 9.17) is 0 Å². The summed E-state index contributed by atoms with van der Waals surface area (Å²) in [6.45, 7) is 4.55. The molecule has 0 saturated carbocycles. The molecule has 0 aliphatic carbocycles. The molecule has 1 aromatic heterocycles. The Morgan fingerprint density at radius 1 is 1.43 bits per heavy atom. The van der Waals surface area contributed by atoms with Gasteiger partial charge < -0.3 is 5.11 Å². The quantitative estimate of drug-likeness (QED) is 0.777. The van der Waals surface area contributed by atoms with E-state index in [1.807, 2.05) is 19.1 Å². The molecule has 0 atom stereocenters. The zero-order chi connectivity index (χ0) is 10.0. The van der Waals surface area contributed by atoms with E-state index in [-0.39, 0.29) is 0 Å². The lowest BCUT2D eigenvalue weighted by Crippen LogP contribution is -2.60. The smallest absolute Gasteiger partial charge is 0.0897 e. The van der Waals surface area contributed by atoms with Crippen molar-refractivity contribution in [3.8, 4) is 0 Å². The van der Waals surface area contributed by atoms with Gasteiger partial charge in [-0.25, -0.2) is 0 Å². The molecule has 2 heterocycles. The van der Waals surface area contributed by atoms with Crippen molar-refractivity contribution in [2.24, 2.45) is 0 Å². The number of likely N-dealkylation sites (tertiary alicyclic amines) is 1. The van der Waals surface area contributed by atoms with Gasteiger partial charge in [0.15, 0.2) is 0 Å². The minimum atomic E-state index is -0.424. The molecule has 1 fully saturated rings. The monoisotopic (exact) mass is 192 g/mol. The van der Waals surface area contributed by atoms with Crippen molar-refractivity contribution in [1.29, 1.82) is 0 Å². The third kappa shape index (κ3) is 1.94. The topological polar surface area (TPSA) is 36.4 Å². The molecule has 3 heteroatoms. The van der Waals surface area contributed by atoms with Gasteiger partial charge in [-0.3, -0.25) is 9.88 Å². The van der Waals surface area contributed by atoms with Gasteiger partial charge in [-0.05, 0) is 24.1 Å². The summed E-state index contributed by atoms with van der Waals surface area (Å²) in [6, 6.07) is 4.03. The first-order chi connectivity index (χ1) is 6.72. The summed E-state index contributed by atoms with van der Waals surface area (Å²) in [5.74, 6) is 0. The zero-order valence-corrected chi connectivity index (χ0v) is 8.48. The number of hydrogen-bond acceptors (Lipinski definition) is 3. The van der Waals surface area contributed by atoms with Crippen LogP contribution in [0.3, 0.4) is 0 Å². The van der Waals surface area contributed by atoms with Gasteiger partial charge in [-0.2, -0.15) is 0 Å². The lowest BCUT2D eigenvalue weighted by molar-refractivity contribution is -0.103. The maximum atomic E-state index is 9.81. The van der Waals surface area contributed by atoms with Crippen LogP contribution in [0.1, 0.15) is 18.9 Å². The summed E-state index contributed by atoms with van der Waals surface area (Å²) < 4.78 is 0. The average Bonchev–Trinajstić information content (AvgIpc) is 2.17. The predicted molar refractivity (Wildman–Crippen MR) is 54.8 cm³/mol. The second-order valence-electron chi connectivity index (χ2n) is 4.08. The molecule has 1 aliphatic heterocycles. The number of aromatic nitrogens is 1. The summed E-state index contributed by atoms with van der Waals surface area (Å²) in [7, 11) is 0. The summed E-state index contributed by atoms with van der Waals surface area (Å²) in [4.78, 5) is 6.22. The van der Waals surface area contributed by atoms with E-state index in [1.54, 1.807) is 12.4 Å². The van der Waals surface area contributed by atoms with Crippen molar-refractivity contribution >= 4 is 0 Å². The Bertz CT molecular complexity index is 293. The number of hydrogen-bond donors (Lipinski definition) is 1. The zero-order valence-electron chi connectivity index (χ0n) is 8.48. The van der Waals surface area contributed by atoms with Crippen molar-refractivity contribution < 1.29 is 5.11 Å². The molecular formula is C11H16N2O. The number of pyridine rings is 1. The van der Waals surface area contributed by atoms with Crippen molar-refractivity contribution in [3.05, 3.63) is 30.1 Å². The lowest BCUT2D eigenvalue weighted by Gasteiger charge is -2.46. The van der Waals surface area contributed by atoms with E-state index in [0.717, 1.165) is 26.1 Å². The van der Waals surface area contributed by atoms with E-state index in [0.29, 0.717) is 0 Å². The van der Waals surface area contributed by atoms with Crippen LogP contribution in [0.2, 0.25) is 0 Å². The molecule has 1 aliphatic rings. The van der Waals surface area contributed by atoms with Crippen LogP contribution in [-0.2, 0) is 6.54 Å². The first-order valence-corrected chi connectivity index (χ1v) is 5.05.